The normalized spacial score (nSPS) is 15.6. The van der Waals surface area contributed by atoms with Crippen LogP contribution in [0.3, 0.4) is 0 Å². The number of hydrogen-bond acceptors (Lipinski definition) is 4. The number of guanidine groups is 1. The van der Waals surface area contributed by atoms with Gasteiger partial charge in [-0.05, 0) is 17.7 Å². The van der Waals surface area contributed by atoms with Crippen LogP contribution in [0.15, 0.2) is 58.1 Å². The van der Waals surface area contributed by atoms with E-state index in [-0.39, 0.29) is 29.9 Å². The van der Waals surface area contributed by atoms with E-state index < -0.39 is 10.8 Å². The van der Waals surface area contributed by atoms with E-state index in [1.165, 1.54) is 6.26 Å². The van der Waals surface area contributed by atoms with Crippen LogP contribution in [-0.4, -0.2) is 71.4 Å². The van der Waals surface area contributed by atoms with Gasteiger partial charge in [-0.15, -0.1) is 24.0 Å². The SMILES string of the molecule is CN=C(NCCS(=O)Cc1ccccc1)N1CCN(C(=O)c2ccco2)CC1.I. The number of hydrogen-bond donors (Lipinski definition) is 1. The van der Waals surface area contributed by atoms with Crippen molar-refractivity contribution in [2.24, 2.45) is 4.99 Å². The quantitative estimate of drug-likeness (QED) is 0.352. The molecule has 0 spiro atoms. The molecule has 1 aliphatic heterocycles. The predicted octanol–water partition coefficient (Wildman–Crippen LogP) is 2.18. The molecule has 1 unspecified atom stereocenters. The number of rotatable bonds is 6. The van der Waals surface area contributed by atoms with Crippen molar-refractivity contribution in [3.8, 4) is 0 Å². The molecule has 0 saturated carbocycles. The Morgan fingerprint density at radius 2 is 1.79 bits per heavy atom. The lowest BCUT2D eigenvalue weighted by Crippen LogP contribution is -2.54. The summed E-state index contributed by atoms with van der Waals surface area (Å²) in [5, 5.41) is 3.29. The summed E-state index contributed by atoms with van der Waals surface area (Å²) in [4.78, 5) is 20.6. The Bertz CT molecular complexity index is 806. The molecule has 158 valence electrons. The van der Waals surface area contributed by atoms with E-state index in [1.54, 1.807) is 24.1 Å². The minimum Gasteiger partial charge on any atom is -0.459 e. The third-order valence-electron chi connectivity index (χ3n) is 4.59. The summed E-state index contributed by atoms with van der Waals surface area (Å²) < 4.78 is 17.4. The second-order valence-corrected chi connectivity index (χ2v) is 8.08. The molecule has 29 heavy (non-hydrogen) atoms. The van der Waals surface area contributed by atoms with Gasteiger partial charge < -0.3 is 19.5 Å². The van der Waals surface area contributed by atoms with Gasteiger partial charge in [-0.25, -0.2) is 0 Å². The highest BCUT2D eigenvalue weighted by atomic mass is 127. The predicted molar refractivity (Wildman–Crippen MR) is 126 cm³/mol. The first kappa shape index (κ1) is 23.4. The molecule has 1 aliphatic rings. The van der Waals surface area contributed by atoms with Crippen LogP contribution in [0.25, 0.3) is 0 Å². The molecule has 3 rings (SSSR count). The summed E-state index contributed by atoms with van der Waals surface area (Å²) in [6.07, 6.45) is 1.51. The fourth-order valence-electron chi connectivity index (χ4n) is 3.12. The molecule has 1 N–H and O–H groups in total. The molecule has 0 bridgehead atoms. The summed E-state index contributed by atoms with van der Waals surface area (Å²) in [6.45, 7) is 3.20. The van der Waals surface area contributed by atoms with Crippen LogP contribution in [0.4, 0.5) is 0 Å². The summed E-state index contributed by atoms with van der Waals surface area (Å²) in [5.41, 5.74) is 1.09. The molecule has 1 atom stereocenters. The van der Waals surface area contributed by atoms with Crippen molar-refractivity contribution in [3.63, 3.8) is 0 Å². The van der Waals surface area contributed by atoms with Gasteiger partial charge in [0.2, 0.25) is 0 Å². The number of nitrogens with zero attached hydrogens (tertiary/aromatic N) is 3. The largest absolute Gasteiger partial charge is 0.459 e. The maximum absolute atomic E-state index is 12.3. The average molecular weight is 530 g/mol. The Morgan fingerprint density at radius 1 is 1.10 bits per heavy atom. The van der Waals surface area contributed by atoms with Crippen LogP contribution >= 0.6 is 24.0 Å². The van der Waals surface area contributed by atoms with Gasteiger partial charge in [0, 0.05) is 62.1 Å². The molecule has 2 heterocycles. The zero-order chi connectivity index (χ0) is 19.8. The molecular formula is C20H27IN4O3S. The Morgan fingerprint density at radius 3 is 2.41 bits per heavy atom. The number of benzene rings is 1. The van der Waals surface area contributed by atoms with Crippen molar-refractivity contribution in [1.29, 1.82) is 0 Å². The molecule has 1 aromatic carbocycles. The Kier molecular flexibility index (Phi) is 9.65. The second-order valence-electron chi connectivity index (χ2n) is 6.50. The van der Waals surface area contributed by atoms with E-state index in [1.807, 2.05) is 30.3 Å². The lowest BCUT2D eigenvalue weighted by atomic mass is 10.2. The van der Waals surface area contributed by atoms with Gasteiger partial charge >= 0.3 is 0 Å². The topological polar surface area (TPSA) is 78.2 Å². The summed E-state index contributed by atoms with van der Waals surface area (Å²) in [7, 11) is 0.817. The van der Waals surface area contributed by atoms with Gasteiger partial charge in [0.25, 0.3) is 5.91 Å². The van der Waals surface area contributed by atoms with Gasteiger partial charge in [0.15, 0.2) is 11.7 Å². The first-order chi connectivity index (χ1) is 13.7. The minimum atomic E-state index is -0.923. The summed E-state index contributed by atoms with van der Waals surface area (Å²) in [6, 6.07) is 13.3. The molecule has 1 amide bonds. The highest BCUT2D eigenvalue weighted by molar-refractivity contribution is 14.0. The van der Waals surface area contributed by atoms with E-state index in [2.05, 4.69) is 15.2 Å². The monoisotopic (exact) mass is 530 g/mol. The number of piperazine rings is 1. The van der Waals surface area contributed by atoms with E-state index >= 15 is 0 Å². The first-order valence-electron chi connectivity index (χ1n) is 9.34. The number of amides is 1. The van der Waals surface area contributed by atoms with Crippen LogP contribution in [0.1, 0.15) is 16.1 Å². The number of carbonyl (C=O) groups excluding carboxylic acids is 1. The van der Waals surface area contributed by atoms with Gasteiger partial charge in [0.05, 0.1) is 6.26 Å². The Balaban J connectivity index is 0.00000300. The van der Waals surface area contributed by atoms with Crippen molar-refractivity contribution in [2.45, 2.75) is 5.75 Å². The maximum atomic E-state index is 12.3. The van der Waals surface area contributed by atoms with Crippen LogP contribution in [0, 0.1) is 0 Å². The van der Waals surface area contributed by atoms with Crippen LogP contribution in [0.5, 0.6) is 0 Å². The van der Waals surface area contributed by atoms with E-state index in [0.717, 1.165) is 11.5 Å². The van der Waals surface area contributed by atoms with E-state index in [4.69, 9.17) is 4.42 Å². The Labute approximate surface area is 191 Å². The smallest absolute Gasteiger partial charge is 0.289 e. The highest BCUT2D eigenvalue weighted by Crippen LogP contribution is 2.09. The average Bonchev–Trinajstić information content (AvgIpc) is 3.26. The van der Waals surface area contributed by atoms with Crippen LogP contribution < -0.4 is 5.32 Å². The van der Waals surface area contributed by atoms with Gasteiger partial charge in [0.1, 0.15) is 0 Å². The molecule has 0 radical (unpaired) electrons. The fourth-order valence-corrected chi connectivity index (χ4v) is 4.16. The zero-order valence-corrected chi connectivity index (χ0v) is 19.6. The summed E-state index contributed by atoms with van der Waals surface area (Å²) in [5.74, 6) is 2.20. The number of halogens is 1. The summed E-state index contributed by atoms with van der Waals surface area (Å²) >= 11 is 0. The fraction of sp³-hybridized carbons (Fsp3) is 0.400. The molecule has 2 aromatic rings. The molecule has 0 aliphatic carbocycles. The van der Waals surface area contributed by atoms with Crippen LogP contribution in [0.2, 0.25) is 0 Å². The molecule has 1 fully saturated rings. The standard InChI is InChI=1S/C20H26N4O3S.HI/c1-21-20(22-9-15-28(26)16-17-6-3-2-4-7-17)24-12-10-23(11-13-24)19(25)18-8-5-14-27-18;/h2-8,14H,9-13,15-16H2,1H3,(H,21,22);1H. The van der Waals surface area contributed by atoms with Gasteiger partial charge in [-0.3, -0.25) is 14.0 Å². The van der Waals surface area contributed by atoms with E-state index in [0.29, 0.717) is 50.0 Å². The molecular weight excluding hydrogens is 503 g/mol. The van der Waals surface area contributed by atoms with Crippen LogP contribution in [-0.2, 0) is 16.6 Å². The third-order valence-corrected chi connectivity index (χ3v) is 5.91. The van der Waals surface area contributed by atoms with Gasteiger partial charge in [-0.2, -0.15) is 0 Å². The van der Waals surface area contributed by atoms with Crippen molar-refractivity contribution in [2.75, 3.05) is 45.5 Å². The Hall–Kier alpha value is -1.88. The van der Waals surface area contributed by atoms with E-state index in [9.17, 15) is 9.00 Å². The number of nitrogens with one attached hydrogen (secondary N) is 1. The first-order valence-corrected chi connectivity index (χ1v) is 10.8. The lowest BCUT2D eigenvalue weighted by molar-refractivity contribution is 0.0658. The second kappa shape index (κ2) is 12.0. The zero-order valence-electron chi connectivity index (χ0n) is 16.5. The molecule has 1 aromatic heterocycles. The van der Waals surface area contributed by atoms with Crippen molar-refractivity contribution < 1.29 is 13.4 Å². The highest BCUT2D eigenvalue weighted by Gasteiger charge is 2.25. The number of furan rings is 1. The molecule has 9 heteroatoms. The maximum Gasteiger partial charge on any atom is 0.289 e. The van der Waals surface area contributed by atoms with Crippen molar-refractivity contribution in [1.82, 2.24) is 15.1 Å². The minimum absolute atomic E-state index is 0. The molecule has 1 saturated heterocycles. The van der Waals surface area contributed by atoms with Crippen molar-refractivity contribution in [3.05, 3.63) is 60.1 Å². The molecule has 7 nitrogen and oxygen atoms in total. The van der Waals surface area contributed by atoms with Crippen molar-refractivity contribution >= 4 is 46.6 Å². The number of carbonyl (C=O) groups is 1. The number of aliphatic imine (C=N–C) groups is 1. The lowest BCUT2D eigenvalue weighted by Gasteiger charge is -2.36. The van der Waals surface area contributed by atoms with Gasteiger partial charge in [-0.1, -0.05) is 30.3 Å². The third kappa shape index (κ3) is 6.84.